The van der Waals surface area contributed by atoms with Gasteiger partial charge in [0.05, 0.1) is 2.88 Å². The minimum Gasteiger partial charge on any atom is -0.129 e. The maximum Gasteiger partial charge on any atom is 0.0666 e. The maximum absolute atomic E-state index is 2.41. The zero-order valence-corrected chi connectivity index (χ0v) is 14.6. The van der Waals surface area contributed by atoms with Crippen molar-refractivity contribution in [2.75, 3.05) is 0 Å². The third-order valence-electron chi connectivity index (χ3n) is 4.33. The van der Waals surface area contributed by atoms with Crippen LogP contribution in [0.1, 0.15) is 0 Å². The van der Waals surface area contributed by atoms with Crippen LogP contribution in [0.2, 0.25) is 0 Å². The Labute approximate surface area is 145 Å². The Hall–Kier alpha value is -1.65. The molecule has 1 heterocycles. The van der Waals surface area contributed by atoms with Crippen LogP contribution in [0, 0.1) is 2.88 Å². The first kappa shape index (κ1) is 12.9. The van der Waals surface area contributed by atoms with Crippen LogP contribution in [0.5, 0.6) is 0 Å². The van der Waals surface area contributed by atoms with Gasteiger partial charge in [-0.3, -0.25) is 0 Å². The van der Waals surface area contributed by atoms with Crippen LogP contribution in [-0.4, -0.2) is 0 Å². The fourth-order valence-corrected chi connectivity index (χ4v) is 5.21. The fraction of sp³-hybridized carbons (Fsp3) is 0. The highest BCUT2D eigenvalue weighted by molar-refractivity contribution is 14.1. The molecular formula is C20H11IS. The van der Waals surface area contributed by atoms with Gasteiger partial charge in [-0.1, -0.05) is 48.5 Å². The molecule has 0 saturated carbocycles. The lowest BCUT2D eigenvalue weighted by atomic mass is 9.98. The minimum atomic E-state index is 1.31. The zero-order valence-electron chi connectivity index (χ0n) is 11.6. The third kappa shape index (κ3) is 1.80. The van der Waals surface area contributed by atoms with E-state index in [1.165, 1.54) is 45.3 Å². The molecule has 0 aliphatic carbocycles. The number of benzene rings is 4. The molecule has 0 aliphatic rings. The van der Waals surface area contributed by atoms with Crippen LogP contribution in [0.25, 0.3) is 42.4 Å². The van der Waals surface area contributed by atoms with E-state index in [4.69, 9.17) is 0 Å². The van der Waals surface area contributed by atoms with Gasteiger partial charge in [0, 0.05) is 10.1 Å². The van der Waals surface area contributed by atoms with Crippen LogP contribution in [0.4, 0.5) is 0 Å². The van der Waals surface area contributed by atoms with Gasteiger partial charge in [0.2, 0.25) is 0 Å². The molecule has 1 aromatic heterocycles. The molecule has 0 amide bonds. The van der Waals surface area contributed by atoms with E-state index in [-0.39, 0.29) is 0 Å². The van der Waals surface area contributed by atoms with E-state index in [1.807, 2.05) is 11.3 Å². The lowest BCUT2D eigenvalue weighted by molar-refractivity contribution is 1.79. The van der Waals surface area contributed by atoms with E-state index < -0.39 is 0 Å². The normalized spacial score (nSPS) is 11.9. The number of halogens is 1. The van der Waals surface area contributed by atoms with Crippen LogP contribution < -0.4 is 0 Å². The van der Waals surface area contributed by atoms with Gasteiger partial charge < -0.3 is 0 Å². The first-order valence-electron chi connectivity index (χ1n) is 7.23. The summed E-state index contributed by atoms with van der Waals surface area (Å²) in [6, 6.07) is 24.6. The summed E-state index contributed by atoms with van der Waals surface area (Å²) >= 11 is 4.29. The summed E-state index contributed by atoms with van der Waals surface area (Å²) in [5, 5.41) is 9.35. The molecule has 5 aromatic rings. The summed E-state index contributed by atoms with van der Waals surface area (Å²) in [5.41, 5.74) is 0. The van der Waals surface area contributed by atoms with E-state index in [0.717, 1.165) is 0 Å². The van der Waals surface area contributed by atoms with Crippen molar-refractivity contribution in [3.05, 3.63) is 69.6 Å². The molecule has 0 N–H and O–H groups in total. The fourth-order valence-electron chi connectivity index (χ4n) is 3.30. The van der Waals surface area contributed by atoms with Gasteiger partial charge in [-0.15, -0.1) is 11.3 Å². The van der Waals surface area contributed by atoms with Crippen molar-refractivity contribution in [3.8, 4) is 0 Å². The molecule has 104 valence electrons. The first-order valence-corrected chi connectivity index (χ1v) is 9.12. The van der Waals surface area contributed by atoms with Crippen LogP contribution in [0.3, 0.4) is 0 Å². The molecule has 2 heteroatoms. The van der Waals surface area contributed by atoms with Crippen molar-refractivity contribution in [2.45, 2.75) is 0 Å². The van der Waals surface area contributed by atoms with Crippen molar-refractivity contribution in [2.24, 2.45) is 0 Å². The molecule has 0 atom stereocenters. The summed E-state index contributed by atoms with van der Waals surface area (Å²) in [6.07, 6.45) is 0. The Morgan fingerprint density at radius 2 is 1.32 bits per heavy atom. The number of thiophene rings is 1. The summed E-state index contributed by atoms with van der Waals surface area (Å²) in [6.45, 7) is 0. The SMILES string of the molecule is Ic1cc2ccc3c4cc5ccccc5cc4ccc3c2s1. The van der Waals surface area contributed by atoms with Gasteiger partial charge in [-0.05, 0) is 73.1 Å². The second-order valence-corrected chi connectivity index (χ2v) is 8.56. The van der Waals surface area contributed by atoms with Crippen molar-refractivity contribution in [1.29, 1.82) is 0 Å². The molecule has 0 spiro atoms. The average Bonchev–Trinajstić information content (AvgIpc) is 2.93. The van der Waals surface area contributed by atoms with Gasteiger partial charge in [-0.2, -0.15) is 0 Å². The minimum absolute atomic E-state index is 1.31. The summed E-state index contributed by atoms with van der Waals surface area (Å²) < 4.78 is 2.75. The predicted molar refractivity (Wildman–Crippen MR) is 107 cm³/mol. The number of hydrogen-bond donors (Lipinski definition) is 0. The van der Waals surface area contributed by atoms with Gasteiger partial charge in [0.1, 0.15) is 0 Å². The second-order valence-electron chi connectivity index (χ2n) is 5.62. The Morgan fingerprint density at radius 1 is 0.591 bits per heavy atom. The van der Waals surface area contributed by atoms with E-state index in [0.29, 0.717) is 0 Å². The highest BCUT2D eigenvalue weighted by Gasteiger charge is 2.08. The smallest absolute Gasteiger partial charge is 0.0666 e. The van der Waals surface area contributed by atoms with Crippen LogP contribution >= 0.6 is 33.9 Å². The summed E-state index contributed by atoms with van der Waals surface area (Å²) in [5.74, 6) is 0. The van der Waals surface area contributed by atoms with Gasteiger partial charge >= 0.3 is 0 Å². The third-order valence-corrected chi connectivity index (χ3v) is 6.28. The standard InChI is InChI=1S/C20H11IS/c21-19-11-15-6-7-16-17(20(15)22-19)8-5-14-9-12-3-1-2-4-13(12)10-18(14)16/h1-11H. The first-order chi connectivity index (χ1) is 10.8. The molecule has 0 nitrogen and oxygen atoms in total. The van der Waals surface area contributed by atoms with Gasteiger partial charge in [0.15, 0.2) is 0 Å². The predicted octanol–water partition coefficient (Wildman–Crippen LogP) is 6.97. The van der Waals surface area contributed by atoms with E-state index in [1.54, 1.807) is 0 Å². The van der Waals surface area contributed by atoms with Crippen molar-refractivity contribution in [3.63, 3.8) is 0 Å². The molecule has 0 aliphatic heterocycles. The number of fused-ring (bicyclic) bond motifs is 6. The Morgan fingerprint density at radius 3 is 2.18 bits per heavy atom. The van der Waals surface area contributed by atoms with Crippen LogP contribution in [-0.2, 0) is 0 Å². The van der Waals surface area contributed by atoms with Crippen molar-refractivity contribution < 1.29 is 0 Å². The molecule has 0 saturated heterocycles. The topological polar surface area (TPSA) is 0 Å². The monoisotopic (exact) mass is 410 g/mol. The highest BCUT2D eigenvalue weighted by atomic mass is 127. The Bertz CT molecular complexity index is 1180. The molecule has 22 heavy (non-hydrogen) atoms. The molecule has 0 bridgehead atoms. The number of rotatable bonds is 0. The lowest BCUT2D eigenvalue weighted by Crippen LogP contribution is -1.80. The lowest BCUT2D eigenvalue weighted by Gasteiger charge is -2.07. The van der Waals surface area contributed by atoms with Gasteiger partial charge in [0.25, 0.3) is 0 Å². The van der Waals surface area contributed by atoms with Crippen molar-refractivity contribution >= 4 is 76.3 Å². The molecule has 0 fully saturated rings. The largest absolute Gasteiger partial charge is 0.129 e. The Balaban J connectivity index is 2.01. The maximum atomic E-state index is 2.41. The summed E-state index contributed by atoms with van der Waals surface area (Å²) in [7, 11) is 0. The summed E-state index contributed by atoms with van der Waals surface area (Å²) in [4.78, 5) is 0. The molecular weight excluding hydrogens is 399 g/mol. The van der Waals surface area contributed by atoms with Crippen LogP contribution in [0.15, 0.2) is 66.7 Å². The van der Waals surface area contributed by atoms with Crippen molar-refractivity contribution in [1.82, 2.24) is 0 Å². The highest BCUT2D eigenvalue weighted by Crippen LogP contribution is 2.37. The Kier molecular flexibility index (Phi) is 2.73. The van der Waals surface area contributed by atoms with E-state index >= 15 is 0 Å². The molecule has 0 unspecified atom stereocenters. The molecule has 4 aromatic carbocycles. The quantitative estimate of drug-likeness (QED) is 0.147. The van der Waals surface area contributed by atoms with E-state index in [2.05, 4.69) is 89.3 Å². The zero-order chi connectivity index (χ0) is 14.7. The number of hydrogen-bond acceptors (Lipinski definition) is 1. The van der Waals surface area contributed by atoms with Gasteiger partial charge in [-0.25, -0.2) is 0 Å². The molecule has 5 rings (SSSR count). The molecule has 0 radical (unpaired) electrons. The second kappa shape index (κ2) is 4.67. The average molecular weight is 410 g/mol. The van der Waals surface area contributed by atoms with E-state index in [9.17, 15) is 0 Å².